The van der Waals surface area contributed by atoms with Crippen LogP contribution >= 0.6 is 0 Å². The minimum absolute atomic E-state index is 0.0947. The number of aromatic nitrogens is 2. The van der Waals surface area contributed by atoms with Crippen molar-refractivity contribution in [1.29, 1.82) is 0 Å². The molecule has 8 nitrogen and oxygen atoms in total. The van der Waals surface area contributed by atoms with Gasteiger partial charge in [-0.1, -0.05) is 38.0 Å². The van der Waals surface area contributed by atoms with E-state index >= 15 is 0 Å². The van der Waals surface area contributed by atoms with Gasteiger partial charge in [0.15, 0.2) is 0 Å². The number of amides is 1. The van der Waals surface area contributed by atoms with E-state index in [4.69, 9.17) is 9.72 Å². The predicted molar refractivity (Wildman–Crippen MR) is 190 cm³/mol. The Balaban J connectivity index is 1.55. The van der Waals surface area contributed by atoms with Gasteiger partial charge < -0.3 is 19.5 Å². The molecule has 0 radical (unpaired) electrons. The standard InChI is InChI=1S/C40H46F4N4O4/c1-24(2)17-35(48-22-28(13-15-47-16-14-30(41)23-47)32(20-36(48)49)40(42,43)44)39(51)46-34(21-37(50)52-5)33-19-29(38-25(3)7-6-8-26(38)4)18-31(45-33)12-11-27-9-10-27/h6-8,18-20,22,24,27,30,34-35H,9-10,13-17,21,23H2,1-5H3,(H,46,51)/t30-,34+,35?/m1/s1. The first kappa shape index (κ1) is 38.7. The average molecular weight is 723 g/mol. The normalized spacial score (nSPS) is 17.4. The highest BCUT2D eigenvalue weighted by molar-refractivity contribution is 5.82. The van der Waals surface area contributed by atoms with Crippen molar-refractivity contribution >= 4 is 11.9 Å². The molecule has 1 unspecified atom stereocenters. The van der Waals surface area contributed by atoms with Gasteiger partial charge in [0, 0.05) is 37.8 Å². The summed E-state index contributed by atoms with van der Waals surface area (Å²) in [6.07, 6.45) is -2.68. The molecule has 12 heteroatoms. The number of methoxy groups -OCH3 is 1. The minimum Gasteiger partial charge on any atom is -0.469 e. The van der Waals surface area contributed by atoms with Gasteiger partial charge in [0.1, 0.15) is 17.9 Å². The van der Waals surface area contributed by atoms with Crippen LogP contribution in [0.2, 0.25) is 0 Å². The van der Waals surface area contributed by atoms with Gasteiger partial charge in [-0.2, -0.15) is 13.2 Å². The zero-order chi connectivity index (χ0) is 37.7. The third kappa shape index (κ3) is 9.88. The number of hydrogen-bond acceptors (Lipinski definition) is 6. The number of ether oxygens (including phenoxy) is 1. The Morgan fingerprint density at radius 2 is 1.81 bits per heavy atom. The topological polar surface area (TPSA) is 93.5 Å². The molecule has 2 aliphatic rings. The molecule has 278 valence electrons. The van der Waals surface area contributed by atoms with Gasteiger partial charge in [-0.25, -0.2) is 9.37 Å². The number of carbonyl (C=O) groups excluding carboxylic acids is 2. The highest BCUT2D eigenvalue weighted by Gasteiger charge is 2.36. The van der Waals surface area contributed by atoms with Crippen LogP contribution < -0.4 is 10.9 Å². The van der Waals surface area contributed by atoms with Crippen LogP contribution in [-0.4, -0.2) is 59.2 Å². The van der Waals surface area contributed by atoms with Crippen molar-refractivity contribution in [3.05, 3.63) is 86.6 Å². The molecule has 0 bridgehead atoms. The van der Waals surface area contributed by atoms with Gasteiger partial charge in [0.25, 0.3) is 5.56 Å². The lowest BCUT2D eigenvalue weighted by molar-refractivity contribution is -0.141. The van der Waals surface area contributed by atoms with Gasteiger partial charge in [-0.05, 0) is 97.7 Å². The van der Waals surface area contributed by atoms with Gasteiger partial charge >= 0.3 is 12.1 Å². The zero-order valence-electron chi connectivity index (χ0n) is 30.3. The molecule has 5 rings (SSSR count). The van der Waals surface area contributed by atoms with Crippen LogP contribution in [0.15, 0.2) is 47.4 Å². The smallest absolute Gasteiger partial charge is 0.416 e. The van der Waals surface area contributed by atoms with E-state index in [-0.39, 0.29) is 43.8 Å². The maximum atomic E-state index is 14.3. The van der Waals surface area contributed by atoms with Crippen LogP contribution in [0.3, 0.4) is 0 Å². The van der Waals surface area contributed by atoms with Crippen molar-refractivity contribution in [3.8, 4) is 23.0 Å². The molecule has 1 aliphatic heterocycles. The quantitative estimate of drug-likeness (QED) is 0.124. The molecule has 52 heavy (non-hydrogen) atoms. The molecule has 3 heterocycles. The van der Waals surface area contributed by atoms with Crippen LogP contribution in [0.1, 0.15) is 91.7 Å². The van der Waals surface area contributed by atoms with E-state index < -0.39 is 47.4 Å². The van der Waals surface area contributed by atoms with Crippen molar-refractivity contribution in [1.82, 2.24) is 19.8 Å². The van der Waals surface area contributed by atoms with Crippen molar-refractivity contribution in [2.24, 2.45) is 11.8 Å². The van der Waals surface area contributed by atoms with Crippen molar-refractivity contribution in [2.75, 3.05) is 26.7 Å². The fraction of sp³-hybridized carbons (Fsp3) is 0.500. The first-order chi connectivity index (χ1) is 24.6. The molecule has 1 aromatic carbocycles. The summed E-state index contributed by atoms with van der Waals surface area (Å²) in [6, 6.07) is 7.91. The molecular weight excluding hydrogens is 676 g/mol. The summed E-state index contributed by atoms with van der Waals surface area (Å²) in [5.41, 5.74) is 2.36. The van der Waals surface area contributed by atoms with E-state index in [0.29, 0.717) is 36.3 Å². The monoisotopic (exact) mass is 722 g/mol. The first-order valence-electron chi connectivity index (χ1n) is 17.8. The van der Waals surface area contributed by atoms with E-state index in [9.17, 15) is 31.9 Å². The van der Waals surface area contributed by atoms with Gasteiger partial charge in [0.05, 0.1) is 30.8 Å². The Hall–Kier alpha value is -4.50. The molecule has 3 atom stereocenters. The number of aryl methyl sites for hydroxylation is 2. The third-order valence-corrected chi connectivity index (χ3v) is 9.58. The Kier molecular flexibility index (Phi) is 12.2. The Bertz CT molecular complexity index is 1890. The zero-order valence-corrected chi connectivity index (χ0v) is 30.3. The number of carbonyl (C=O) groups is 2. The molecule has 2 fully saturated rings. The summed E-state index contributed by atoms with van der Waals surface area (Å²) in [7, 11) is 1.23. The number of pyridine rings is 2. The number of nitrogens with zero attached hydrogens (tertiary/aromatic N) is 3. The maximum Gasteiger partial charge on any atom is 0.416 e. The van der Waals surface area contributed by atoms with E-state index in [1.165, 1.54) is 7.11 Å². The number of alkyl halides is 4. The molecule has 0 spiro atoms. The number of halogens is 4. The highest BCUT2D eigenvalue weighted by atomic mass is 19.4. The van der Waals surface area contributed by atoms with Crippen molar-refractivity contribution < 1.29 is 31.9 Å². The number of benzene rings is 1. The summed E-state index contributed by atoms with van der Waals surface area (Å²) in [5, 5.41) is 2.91. The van der Waals surface area contributed by atoms with E-state index in [1.54, 1.807) is 11.0 Å². The molecule has 2 aromatic heterocycles. The molecule has 1 amide bonds. The minimum atomic E-state index is -4.81. The lowest BCUT2D eigenvalue weighted by atomic mass is 9.94. The SMILES string of the molecule is COC(=O)C[C@H](NC(=O)C(CC(C)C)n1cc(CCN2CC[C@@H](F)C2)c(C(F)(F)F)cc1=O)c1cc(-c2c(C)cccc2C)cc(C#CC2CC2)n1. The summed E-state index contributed by atoms with van der Waals surface area (Å²) in [4.78, 5) is 47.0. The second-order valence-electron chi connectivity index (χ2n) is 14.4. The second kappa shape index (κ2) is 16.4. The van der Waals surface area contributed by atoms with Crippen LogP contribution in [0.4, 0.5) is 17.6 Å². The Morgan fingerprint density at radius 3 is 2.40 bits per heavy atom. The van der Waals surface area contributed by atoms with E-state index in [2.05, 4.69) is 17.2 Å². The van der Waals surface area contributed by atoms with Crippen molar-refractivity contribution in [3.63, 3.8) is 0 Å². The third-order valence-electron chi connectivity index (χ3n) is 9.58. The first-order valence-corrected chi connectivity index (χ1v) is 17.8. The summed E-state index contributed by atoms with van der Waals surface area (Å²) >= 11 is 0. The van der Waals surface area contributed by atoms with Crippen molar-refractivity contribution in [2.45, 2.75) is 90.7 Å². The molecule has 1 N–H and O–H groups in total. The summed E-state index contributed by atoms with van der Waals surface area (Å²) in [6.45, 7) is 8.37. The molecule has 1 aliphatic carbocycles. The van der Waals surface area contributed by atoms with Gasteiger partial charge in [0.2, 0.25) is 5.91 Å². The number of nitrogens with one attached hydrogen (secondary N) is 1. The van der Waals surface area contributed by atoms with Crippen LogP contribution in [0.5, 0.6) is 0 Å². The van der Waals surface area contributed by atoms with Crippen LogP contribution in [0, 0.1) is 37.5 Å². The van der Waals surface area contributed by atoms with Crippen LogP contribution in [0.25, 0.3) is 11.1 Å². The molecule has 3 aromatic rings. The summed E-state index contributed by atoms with van der Waals surface area (Å²) in [5.74, 6) is 5.24. The molecule has 1 saturated carbocycles. The number of rotatable bonds is 12. The average Bonchev–Trinajstić information content (AvgIpc) is 3.82. The summed E-state index contributed by atoms with van der Waals surface area (Å²) < 4.78 is 62.4. The Morgan fingerprint density at radius 1 is 1.10 bits per heavy atom. The lowest BCUT2D eigenvalue weighted by Gasteiger charge is -2.26. The lowest BCUT2D eigenvalue weighted by Crippen LogP contribution is -2.41. The fourth-order valence-electron chi connectivity index (χ4n) is 6.72. The van der Waals surface area contributed by atoms with Gasteiger partial charge in [-0.15, -0.1) is 0 Å². The van der Waals surface area contributed by atoms with E-state index in [0.717, 1.165) is 45.9 Å². The highest BCUT2D eigenvalue weighted by Crippen LogP contribution is 2.34. The largest absolute Gasteiger partial charge is 0.469 e. The molecular formula is C40H46F4N4O4. The predicted octanol–water partition coefficient (Wildman–Crippen LogP) is 6.90. The fourth-order valence-corrected chi connectivity index (χ4v) is 6.72. The number of likely N-dealkylation sites (tertiary alicyclic amines) is 1. The molecule has 1 saturated heterocycles. The maximum absolute atomic E-state index is 14.3. The number of hydrogen-bond donors (Lipinski definition) is 1. The van der Waals surface area contributed by atoms with Gasteiger partial charge in [-0.3, -0.25) is 14.4 Å². The van der Waals surface area contributed by atoms with Crippen LogP contribution in [-0.2, 0) is 26.9 Å². The van der Waals surface area contributed by atoms with E-state index in [1.807, 2.05) is 52.0 Å². The number of esters is 1. The second-order valence-corrected chi connectivity index (χ2v) is 14.4. The Labute approximate surface area is 302 Å².